The fourth-order valence-corrected chi connectivity index (χ4v) is 1.96. The third kappa shape index (κ3) is 1.85. The van der Waals surface area contributed by atoms with Crippen molar-refractivity contribution in [2.75, 3.05) is 0 Å². The fourth-order valence-electron chi connectivity index (χ4n) is 1.12. The molecule has 2 aromatic heterocycles. The number of aromatic nitrogens is 2. The molecule has 0 radical (unpaired) electrons. The molecular formula is C10H8N2OS. The average molecular weight is 204 g/mol. The molecule has 0 aromatic carbocycles. The minimum atomic E-state index is -0.194. The molecule has 0 saturated heterocycles. The third-order valence-electron chi connectivity index (χ3n) is 1.70. The van der Waals surface area contributed by atoms with Gasteiger partial charge in [-0.05, 0) is 19.1 Å². The molecule has 0 spiro atoms. The summed E-state index contributed by atoms with van der Waals surface area (Å²) in [4.78, 5) is 20.0. The van der Waals surface area contributed by atoms with E-state index in [0.717, 1.165) is 15.4 Å². The lowest BCUT2D eigenvalue weighted by atomic mass is 10.3. The second-order valence-electron chi connectivity index (χ2n) is 2.85. The number of hydrogen-bond donors (Lipinski definition) is 0. The Hall–Kier alpha value is -1.55. The van der Waals surface area contributed by atoms with Gasteiger partial charge in [-0.25, -0.2) is 0 Å². The lowest BCUT2D eigenvalue weighted by Gasteiger charge is -1.98. The molecule has 14 heavy (non-hydrogen) atoms. The number of nitrogens with zero attached hydrogens (tertiary/aromatic N) is 2. The summed E-state index contributed by atoms with van der Waals surface area (Å²) in [6.07, 6.45) is 3.40. The zero-order valence-electron chi connectivity index (χ0n) is 7.60. The number of aryl methyl sites for hydroxylation is 1. The van der Waals surface area contributed by atoms with Gasteiger partial charge in [-0.2, -0.15) is 4.98 Å². The van der Waals surface area contributed by atoms with Gasteiger partial charge in [0.1, 0.15) is 5.01 Å². The van der Waals surface area contributed by atoms with Crippen molar-refractivity contribution in [3.63, 3.8) is 0 Å². The van der Waals surface area contributed by atoms with E-state index >= 15 is 0 Å². The predicted octanol–water partition coefficient (Wildman–Crippen LogP) is 1.87. The van der Waals surface area contributed by atoms with Gasteiger partial charge in [-0.15, -0.1) is 11.3 Å². The summed E-state index contributed by atoms with van der Waals surface area (Å²) in [5.74, 6) is 0. The van der Waals surface area contributed by atoms with Gasteiger partial charge in [-0.3, -0.25) is 9.78 Å². The maximum absolute atomic E-state index is 11.2. The van der Waals surface area contributed by atoms with Crippen LogP contribution in [0.3, 0.4) is 0 Å². The molecule has 2 heterocycles. The first kappa shape index (κ1) is 9.02. The van der Waals surface area contributed by atoms with Crippen molar-refractivity contribution >= 4 is 11.3 Å². The van der Waals surface area contributed by atoms with Crippen molar-refractivity contribution in [1.82, 2.24) is 9.97 Å². The van der Waals surface area contributed by atoms with Crippen LogP contribution < -0.4 is 5.56 Å². The summed E-state index contributed by atoms with van der Waals surface area (Å²) in [5.41, 5.74) is 0.693. The normalized spacial score (nSPS) is 10.1. The number of hydrogen-bond acceptors (Lipinski definition) is 4. The molecule has 0 amide bonds. The minimum Gasteiger partial charge on any atom is -0.267 e. The maximum Gasteiger partial charge on any atom is 0.272 e. The molecule has 0 N–H and O–H groups in total. The van der Waals surface area contributed by atoms with Gasteiger partial charge in [0.05, 0.1) is 0 Å². The Bertz CT molecular complexity index is 493. The predicted molar refractivity (Wildman–Crippen MR) is 56.4 cm³/mol. The highest BCUT2D eigenvalue weighted by molar-refractivity contribution is 7.14. The van der Waals surface area contributed by atoms with Crippen molar-refractivity contribution in [3.05, 3.63) is 45.8 Å². The van der Waals surface area contributed by atoms with Crippen LogP contribution in [0, 0.1) is 6.92 Å². The summed E-state index contributed by atoms with van der Waals surface area (Å²) >= 11 is 1.49. The van der Waals surface area contributed by atoms with Crippen LogP contribution in [0.15, 0.2) is 35.4 Å². The van der Waals surface area contributed by atoms with Gasteiger partial charge in [0.15, 0.2) is 0 Å². The summed E-state index contributed by atoms with van der Waals surface area (Å²) in [6, 6.07) is 5.26. The van der Waals surface area contributed by atoms with E-state index in [9.17, 15) is 4.79 Å². The van der Waals surface area contributed by atoms with Crippen LogP contribution >= 0.6 is 11.3 Å². The summed E-state index contributed by atoms with van der Waals surface area (Å²) in [7, 11) is 0. The number of rotatable bonds is 1. The van der Waals surface area contributed by atoms with Crippen molar-refractivity contribution in [2.45, 2.75) is 6.92 Å². The van der Waals surface area contributed by atoms with Gasteiger partial charge in [0.2, 0.25) is 0 Å². The Labute approximate surface area is 85.1 Å². The molecule has 4 heteroatoms. The summed E-state index contributed by atoms with van der Waals surface area (Å²) in [5, 5.41) is 0.725. The van der Waals surface area contributed by atoms with Crippen LogP contribution in [0.5, 0.6) is 0 Å². The van der Waals surface area contributed by atoms with E-state index in [4.69, 9.17) is 0 Å². The number of pyridine rings is 1. The molecule has 3 nitrogen and oxygen atoms in total. The van der Waals surface area contributed by atoms with Crippen molar-refractivity contribution < 1.29 is 0 Å². The van der Waals surface area contributed by atoms with Crippen LogP contribution in [0.2, 0.25) is 0 Å². The fraction of sp³-hybridized carbons (Fsp3) is 0.100. The zero-order chi connectivity index (χ0) is 9.97. The first-order chi connectivity index (χ1) is 6.75. The zero-order valence-corrected chi connectivity index (χ0v) is 8.41. The Morgan fingerprint density at radius 3 is 2.93 bits per heavy atom. The van der Waals surface area contributed by atoms with E-state index in [0.29, 0.717) is 0 Å². The highest BCUT2D eigenvalue weighted by Crippen LogP contribution is 2.20. The maximum atomic E-state index is 11.2. The molecule has 0 aliphatic rings. The lowest BCUT2D eigenvalue weighted by molar-refractivity contribution is 1.25. The lowest BCUT2D eigenvalue weighted by Crippen LogP contribution is -2.03. The Balaban J connectivity index is 2.58. The van der Waals surface area contributed by atoms with Crippen molar-refractivity contribution in [1.29, 1.82) is 0 Å². The van der Waals surface area contributed by atoms with Gasteiger partial charge in [0.25, 0.3) is 5.56 Å². The van der Waals surface area contributed by atoms with E-state index in [1.54, 1.807) is 12.4 Å². The Morgan fingerprint density at radius 2 is 2.29 bits per heavy atom. The van der Waals surface area contributed by atoms with Crippen LogP contribution in [-0.2, 0) is 0 Å². The SMILES string of the molecule is Cc1cc(=O)nc(-c2cccnc2)s1. The second kappa shape index (κ2) is 3.67. The van der Waals surface area contributed by atoms with E-state index < -0.39 is 0 Å². The Morgan fingerprint density at radius 1 is 1.43 bits per heavy atom. The van der Waals surface area contributed by atoms with Crippen LogP contribution in [0.25, 0.3) is 10.6 Å². The van der Waals surface area contributed by atoms with Crippen molar-refractivity contribution in [2.24, 2.45) is 0 Å². The molecule has 0 saturated carbocycles. The van der Waals surface area contributed by atoms with Gasteiger partial charge >= 0.3 is 0 Å². The molecule has 0 atom stereocenters. The molecular weight excluding hydrogens is 196 g/mol. The first-order valence-electron chi connectivity index (χ1n) is 4.15. The average Bonchev–Trinajstić information content (AvgIpc) is 2.18. The second-order valence-corrected chi connectivity index (χ2v) is 4.09. The van der Waals surface area contributed by atoms with Gasteiger partial charge in [0, 0.05) is 28.9 Å². The molecule has 0 aliphatic heterocycles. The molecule has 0 aliphatic carbocycles. The molecule has 0 unspecified atom stereocenters. The van der Waals surface area contributed by atoms with Gasteiger partial charge < -0.3 is 0 Å². The highest BCUT2D eigenvalue weighted by Gasteiger charge is 2.01. The molecule has 0 bridgehead atoms. The Kier molecular flexibility index (Phi) is 2.37. The molecule has 70 valence electrons. The summed E-state index contributed by atoms with van der Waals surface area (Å²) < 4.78 is 0. The molecule has 2 rings (SSSR count). The first-order valence-corrected chi connectivity index (χ1v) is 4.96. The minimum absolute atomic E-state index is 0.194. The molecule has 0 fully saturated rings. The monoisotopic (exact) mass is 204 g/mol. The van der Waals surface area contributed by atoms with E-state index in [1.807, 2.05) is 19.1 Å². The quantitative estimate of drug-likeness (QED) is 0.712. The van der Waals surface area contributed by atoms with Crippen molar-refractivity contribution in [3.8, 4) is 10.6 Å². The van der Waals surface area contributed by atoms with Crippen LogP contribution in [0.1, 0.15) is 4.88 Å². The van der Waals surface area contributed by atoms with E-state index in [-0.39, 0.29) is 5.56 Å². The topological polar surface area (TPSA) is 42.9 Å². The van der Waals surface area contributed by atoms with Gasteiger partial charge in [-0.1, -0.05) is 0 Å². The third-order valence-corrected chi connectivity index (χ3v) is 2.66. The van der Waals surface area contributed by atoms with E-state index in [2.05, 4.69) is 9.97 Å². The van der Waals surface area contributed by atoms with Crippen LogP contribution in [-0.4, -0.2) is 9.97 Å². The highest BCUT2D eigenvalue weighted by atomic mass is 32.1. The smallest absolute Gasteiger partial charge is 0.267 e. The summed E-state index contributed by atoms with van der Waals surface area (Å²) in [6.45, 7) is 1.90. The van der Waals surface area contributed by atoms with E-state index in [1.165, 1.54) is 17.4 Å². The molecule has 2 aromatic rings. The standard InChI is InChI=1S/C10H8N2OS/c1-7-5-9(13)12-10(14-7)8-3-2-4-11-6-8/h2-6H,1H3. The largest absolute Gasteiger partial charge is 0.272 e. The van der Waals surface area contributed by atoms with Crippen LogP contribution in [0.4, 0.5) is 0 Å².